The third-order valence-corrected chi connectivity index (χ3v) is 5.47. The first kappa shape index (κ1) is 20.6. The van der Waals surface area contributed by atoms with Gasteiger partial charge in [0, 0.05) is 16.8 Å². The van der Waals surface area contributed by atoms with Crippen LogP contribution in [0.1, 0.15) is 25.7 Å². The van der Waals surface area contributed by atoms with E-state index in [2.05, 4.69) is 10.6 Å². The SMILES string of the molecule is O=C(COC(=O)Cn1c2ccccc2c(=O)c2ccccc21)NC(=O)NC1CCCC1. The summed E-state index contributed by atoms with van der Waals surface area (Å²) in [6, 6.07) is 13.5. The third-order valence-electron chi connectivity index (χ3n) is 5.47. The quantitative estimate of drug-likeness (QED) is 0.486. The number of esters is 1. The predicted molar refractivity (Wildman–Crippen MR) is 116 cm³/mol. The zero-order valence-corrected chi connectivity index (χ0v) is 16.9. The van der Waals surface area contributed by atoms with Gasteiger partial charge in [-0.25, -0.2) is 4.79 Å². The molecular weight excluding hydrogens is 398 g/mol. The van der Waals surface area contributed by atoms with Crippen LogP contribution in [0, 0.1) is 0 Å². The average Bonchev–Trinajstić information content (AvgIpc) is 3.28. The molecule has 0 bridgehead atoms. The van der Waals surface area contributed by atoms with Gasteiger partial charge in [0.05, 0.1) is 11.0 Å². The van der Waals surface area contributed by atoms with E-state index in [-0.39, 0.29) is 18.0 Å². The summed E-state index contributed by atoms with van der Waals surface area (Å²) in [5.41, 5.74) is 1.09. The average molecular weight is 421 g/mol. The van der Waals surface area contributed by atoms with E-state index < -0.39 is 24.5 Å². The van der Waals surface area contributed by atoms with Crippen molar-refractivity contribution in [3.05, 3.63) is 58.8 Å². The lowest BCUT2D eigenvalue weighted by Gasteiger charge is -2.15. The number of imide groups is 1. The summed E-state index contributed by atoms with van der Waals surface area (Å²) < 4.78 is 6.77. The van der Waals surface area contributed by atoms with Crippen LogP contribution < -0.4 is 16.1 Å². The van der Waals surface area contributed by atoms with E-state index in [1.165, 1.54) is 0 Å². The van der Waals surface area contributed by atoms with Crippen LogP contribution in [0.3, 0.4) is 0 Å². The molecule has 3 amide bonds. The van der Waals surface area contributed by atoms with Gasteiger partial charge in [-0.1, -0.05) is 37.1 Å². The molecule has 0 spiro atoms. The van der Waals surface area contributed by atoms with Gasteiger partial charge in [0.15, 0.2) is 12.0 Å². The smallest absolute Gasteiger partial charge is 0.326 e. The molecule has 160 valence electrons. The van der Waals surface area contributed by atoms with Crippen molar-refractivity contribution < 1.29 is 19.1 Å². The van der Waals surface area contributed by atoms with Crippen molar-refractivity contribution in [1.29, 1.82) is 0 Å². The number of aromatic nitrogens is 1. The summed E-state index contributed by atoms with van der Waals surface area (Å²) in [5.74, 6) is -1.34. The molecule has 0 atom stereocenters. The Morgan fingerprint density at radius 1 is 0.935 bits per heavy atom. The Morgan fingerprint density at radius 2 is 1.52 bits per heavy atom. The normalized spacial score (nSPS) is 13.9. The highest BCUT2D eigenvalue weighted by atomic mass is 16.5. The van der Waals surface area contributed by atoms with Crippen LogP contribution in [-0.4, -0.2) is 35.1 Å². The molecule has 8 heteroatoms. The summed E-state index contributed by atoms with van der Waals surface area (Å²) >= 11 is 0. The fourth-order valence-corrected chi connectivity index (χ4v) is 4.02. The summed E-state index contributed by atoms with van der Waals surface area (Å²) in [7, 11) is 0. The Bertz CT molecular complexity index is 1150. The fourth-order valence-electron chi connectivity index (χ4n) is 4.02. The molecule has 8 nitrogen and oxygen atoms in total. The third kappa shape index (κ3) is 4.58. The first-order valence-electron chi connectivity index (χ1n) is 10.3. The van der Waals surface area contributed by atoms with Gasteiger partial charge in [0.2, 0.25) is 0 Å². The van der Waals surface area contributed by atoms with E-state index in [4.69, 9.17) is 4.74 Å². The van der Waals surface area contributed by atoms with Crippen LogP contribution in [-0.2, 0) is 20.9 Å². The number of pyridine rings is 1. The molecule has 1 fully saturated rings. The maximum Gasteiger partial charge on any atom is 0.326 e. The van der Waals surface area contributed by atoms with Crippen molar-refractivity contribution >= 4 is 39.7 Å². The lowest BCUT2D eigenvalue weighted by Crippen LogP contribution is -2.45. The van der Waals surface area contributed by atoms with Crippen LogP contribution in [0.25, 0.3) is 21.8 Å². The van der Waals surface area contributed by atoms with Crippen molar-refractivity contribution in [2.45, 2.75) is 38.3 Å². The standard InChI is InChI=1S/C23H23N3O5/c27-20(25-23(30)24-15-7-1-2-8-15)14-31-21(28)13-26-18-11-5-3-9-16(18)22(29)17-10-4-6-12-19(17)26/h3-6,9-12,15H,1-2,7-8,13-14H2,(H2,24,25,27,30). The van der Waals surface area contributed by atoms with Gasteiger partial charge < -0.3 is 14.6 Å². The number of para-hydroxylation sites is 2. The van der Waals surface area contributed by atoms with E-state index in [1.54, 1.807) is 53.1 Å². The van der Waals surface area contributed by atoms with Crippen LogP contribution in [0.4, 0.5) is 4.79 Å². The minimum absolute atomic E-state index is 0.0808. The van der Waals surface area contributed by atoms with Crippen molar-refractivity contribution in [3.63, 3.8) is 0 Å². The molecule has 0 radical (unpaired) electrons. The van der Waals surface area contributed by atoms with Crippen molar-refractivity contribution in [2.75, 3.05) is 6.61 Å². The topological polar surface area (TPSA) is 106 Å². The second kappa shape index (κ2) is 8.99. The van der Waals surface area contributed by atoms with Crippen molar-refractivity contribution in [1.82, 2.24) is 15.2 Å². The van der Waals surface area contributed by atoms with Crippen molar-refractivity contribution in [3.8, 4) is 0 Å². The number of amides is 3. The number of nitrogens with zero attached hydrogens (tertiary/aromatic N) is 1. The summed E-state index contributed by atoms with van der Waals surface area (Å²) in [6.07, 6.45) is 3.92. The van der Waals surface area contributed by atoms with E-state index in [1.807, 2.05) is 0 Å². The minimum Gasteiger partial charge on any atom is -0.454 e. The van der Waals surface area contributed by atoms with Gasteiger partial charge in [-0.2, -0.15) is 0 Å². The highest BCUT2D eigenvalue weighted by molar-refractivity contribution is 5.96. The predicted octanol–water partition coefficient (Wildman–Crippen LogP) is 2.47. The molecule has 4 rings (SSSR count). The lowest BCUT2D eigenvalue weighted by molar-refractivity contribution is -0.148. The van der Waals surface area contributed by atoms with Gasteiger partial charge in [-0.3, -0.25) is 19.7 Å². The molecule has 31 heavy (non-hydrogen) atoms. The Kier molecular flexibility index (Phi) is 5.97. The monoisotopic (exact) mass is 421 g/mol. The van der Waals surface area contributed by atoms with Crippen LogP contribution in [0.5, 0.6) is 0 Å². The van der Waals surface area contributed by atoms with Gasteiger partial charge in [-0.05, 0) is 37.1 Å². The number of carbonyl (C=O) groups excluding carboxylic acids is 3. The number of nitrogens with one attached hydrogen (secondary N) is 2. The molecule has 1 saturated carbocycles. The molecule has 1 heterocycles. The second-order valence-electron chi connectivity index (χ2n) is 7.61. The summed E-state index contributed by atoms with van der Waals surface area (Å²) in [5, 5.41) is 5.91. The van der Waals surface area contributed by atoms with E-state index in [0.29, 0.717) is 21.8 Å². The Morgan fingerprint density at radius 3 is 2.13 bits per heavy atom. The fraction of sp³-hybridized carbons (Fsp3) is 0.304. The first-order chi connectivity index (χ1) is 15.0. The number of rotatable bonds is 5. The van der Waals surface area contributed by atoms with E-state index in [0.717, 1.165) is 25.7 Å². The number of carbonyl (C=O) groups is 3. The summed E-state index contributed by atoms with van der Waals surface area (Å²) in [6.45, 7) is -0.740. The lowest BCUT2D eigenvalue weighted by atomic mass is 10.1. The summed E-state index contributed by atoms with van der Waals surface area (Å²) in [4.78, 5) is 49.0. The van der Waals surface area contributed by atoms with Crippen LogP contribution in [0.15, 0.2) is 53.3 Å². The molecule has 0 unspecified atom stereocenters. The van der Waals surface area contributed by atoms with Gasteiger partial charge in [0.25, 0.3) is 5.91 Å². The Hall–Kier alpha value is -3.68. The first-order valence-corrected chi connectivity index (χ1v) is 10.3. The molecule has 2 N–H and O–H groups in total. The second-order valence-corrected chi connectivity index (χ2v) is 7.61. The number of benzene rings is 2. The molecule has 1 aliphatic rings. The van der Waals surface area contributed by atoms with Crippen molar-refractivity contribution in [2.24, 2.45) is 0 Å². The number of hydrogen-bond donors (Lipinski definition) is 2. The zero-order valence-electron chi connectivity index (χ0n) is 16.9. The number of ether oxygens (including phenoxy) is 1. The molecule has 0 aliphatic heterocycles. The number of fused-ring (bicyclic) bond motifs is 2. The maximum atomic E-state index is 12.7. The van der Waals surface area contributed by atoms with Gasteiger partial charge in [-0.15, -0.1) is 0 Å². The Labute approximate surface area is 178 Å². The highest BCUT2D eigenvalue weighted by Crippen LogP contribution is 2.19. The maximum absolute atomic E-state index is 12.7. The highest BCUT2D eigenvalue weighted by Gasteiger charge is 2.19. The molecule has 3 aromatic rings. The molecule has 1 aliphatic carbocycles. The molecule has 1 aromatic heterocycles. The van der Waals surface area contributed by atoms with E-state index >= 15 is 0 Å². The molecular formula is C23H23N3O5. The number of hydrogen-bond acceptors (Lipinski definition) is 5. The largest absolute Gasteiger partial charge is 0.454 e. The van der Waals surface area contributed by atoms with E-state index in [9.17, 15) is 19.2 Å². The van der Waals surface area contributed by atoms with Crippen LogP contribution >= 0.6 is 0 Å². The zero-order chi connectivity index (χ0) is 21.8. The molecule has 0 saturated heterocycles. The minimum atomic E-state index is -0.696. The van der Waals surface area contributed by atoms with Gasteiger partial charge >= 0.3 is 12.0 Å². The van der Waals surface area contributed by atoms with Gasteiger partial charge in [0.1, 0.15) is 6.54 Å². The number of urea groups is 1. The van der Waals surface area contributed by atoms with Crippen LogP contribution in [0.2, 0.25) is 0 Å². The Balaban J connectivity index is 1.43. The molecule has 2 aromatic carbocycles.